The number of fused-ring (bicyclic) bond motifs is 1. The molecule has 0 saturated heterocycles. The van der Waals surface area contributed by atoms with Crippen molar-refractivity contribution in [3.05, 3.63) is 57.0 Å². The highest BCUT2D eigenvalue weighted by molar-refractivity contribution is 9.10. The van der Waals surface area contributed by atoms with Gasteiger partial charge >= 0.3 is 0 Å². The van der Waals surface area contributed by atoms with Crippen LogP contribution in [0.2, 0.25) is 5.02 Å². The normalized spacial score (nSPS) is 14.9. The molecule has 20 heavy (non-hydrogen) atoms. The highest BCUT2D eigenvalue weighted by Crippen LogP contribution is 2.38. The van der Waals surface area contributed by atoms with Gasteiger partial charge in [-0.2, -0.15) is 0 Å². The molecule has 0 fully saturated rings. The van der Waals surface area contributed by atoms with Crippen LogP contribution >= 0.6 is 27.5 Å². The van der Waals surface area contributed by atoms with E-state index in [1.165, 1.54) is 0 Å². The second-order valence-electron chi connectivity index (χ2n) is 4.55. The van der Waals surface area contributed by atoms with E-state index < -0.39 is 0 Å². The van der Waals surface area contributed by atoms with Gasteiger partial charge in [-0.25, -0.2) is 0 Å². The van der Waals surface area contributed by atoms with Gasteiger partial charge < -0.3 is 15.2 Å². The van der Waals surface area contributed by atoms with Crippen molar-refractivity contribution in [2.75, 3.05) is 13.2 Å². The summed E-state index contributed by atoms with van der Waals surface area (Å²) in [6, 6.07) is 11.1. The highest BCUT2D eigenvalue weighted by Gasteiger charge is 2.19. The van der Waals surface area contributed by atoms with Crippen LogP contribution in [0.25, 0.3) is 0 Å². The number of hydrogen-bond acceptors (Lipinski definition) is 3. The molecule has 1 atom stereocenters. The Hall–Kier alpha value is -1.23. The molecular formula is C15H13BrClNO2. The first-order valence-electron chi connectivity index (χ1n) is 6.25. The number of hydrogen-bond donors (Lipinski definition) is 1. The van der Waals surface area contributed by atoms with E-state index >= 15 is 0 Å². The lowest BCUT2D eigenvalue weighted by Crippen LogP contribution is -2.17. The van der Waals surface area contributed by atoms with Gasteiger partial charge in [0.1, 0.15) is 13.2 Å². The van der Waals surface area contributed by atoms with Gasteiger partial charge in [0, 0.05) is 9.50 Å². The topological polar surface area (TPSA) is 44.5 Å². The fourth-order valence-corrected chi connectivity index (χ4v) is 2.97. The molecule has 1 heterocycles. The highest BCUT2D eigenvalue weighted by atomic mass is 79.9. The van der Waals surface area contributed by atoms with Crippen molar-refractivity contribution < 1.29 is 9.47 Å². The van der Waals surface area contributed by atoms with E-state index in [1.807, 2.05) is 36.4 Å². The Morgan fingerprint density at radius 1 is 1.10 bits per heavy atom. The molecule has 0 amide bonds. The Morgan fingerprint density at radius 3 is 2.50 bits per heavy atom. The zero-order valence-electron chi connectivity index (χ0n) is 10.6. The lowest BCUT2D eigenvalue weighted by molar-refractivity contribution is 0.171. The molecule has 0 aromatic heterocycles. The van der Waals surface area contributed by atoms with E-state index in [2.05, 4.69) is 15.9 Å². The van der Waals surface area contributed by atoms with Crippen molar-refractivity contribution in [3.8, 4) is 11.5 Å². The molecule has 3 rings (SSSR count). The SMILES string of the molecule is NC(c1cccc(Cl)c1)c1cc2c(cc1Br)OCCO2. The average Bonchev–Trinajstić information content (AvgIpc) is 2.46. The van der Waals surface area contributed by atoms with Gasteiger partial charge in [-0.05, 0) is 35.4 Å². The Labute approximate surface area is 130 Å². The summed E-state index contributed by atoms with van der Waals surface area (Å²) in [5.41, 5.74) is 8.23. The summed E-state index contributed by atoms with van der Waals surface area (Å²) in [5.74, 6) is 1.47. The maximum Gasteiger partial charge on any atom is 0.162 e. The zero-order chi connectivity index (χ0) is 14.1. The summed E-state index contributed by atoms with van der Waals surface area (Å²) in [7, 11) is 0. The minimum atomic E-state index is -0.279. The molecule has 2 aromatic rings. The Kier molecular flexibility index (Phi) is 3.87. The Bertz CT molecular complexity index is 648. The third kappa shape index (κ3) is 2.64. The minimum absolute atomic E-state index is 0.279. The quantitative estimate of drug-likeness (QED) is 0.889. The van der Waals surface area contributed by atoms with Crippen LogP contribution in [-0.2, 0) is 0 Å². The van der Waals surface area contributed by atoms with Gasteiger partial charge in [0.25, 0.3) is 0 Å². The number of nitrogens with two attached hydrogens (primary N) is 1. The van der Waals surface area contributed by atoms with E-state index in [-0.39, 0.29) is 6.04 Å². The summed E-state index contributed by atoms with van der Waals surface area (Å²) < 4.78 is 12.0. The molecule has 1 aliphatic rings. The van der Waals surface area contributed by atoms with Gasteiger partial charge in [-0.1, -0.05) is 39.7 Å². The molecule has 3 nitrogen and oxygen atoms in total. The second kappa shape index (κ2) is 5.64. The predicted octanol–water partition coefficient (Wildman–Crippen LogP) is 3.92. The second-order valence-corrected chi connectivity index (χ2v) is 5.84. The molecule has 0 saturated carbocycles. The largest absolute Gasteiger partial charge is 0.486 e. The van der Waals surface area contributed by atoms with Crippen molar-refractivity contribution in [3.63, 3.8) is 0 Å². The molecule has 104 valence electrons. The number of halogens is 2. The Balaban J connectivity index is 2.01. The van der Waals surface area contributed by atoms with Crippen LogP contribution in [0, 0.1) is 0 Å². The van der Waals surface area contributed by atoms with Crippen molar-refractivity contribution in [2.45, 2.75) is 6.04 Å². The first kappa shape index (κ1) is 13.7. The number of ether oxygens (including phenoxy) is 2. The van der Waals surface area contributed by atoms with Crippen LogP contribution in [0.5, 0.6) is 11.5 Å². The van der Waals surface area contributed by atoms with Crippen LogP contribution in [0.1, 0.15) is 17.2 Å². The van der Waals surface area contributed by atoms with Crippen LogP contribution in [0.3, 0.4) is 0 Å². The molecule has 2 N–H and O–H groups in total. The third-order valence-electron chi connectivity index (χ3n) is 3.20. The van der Waals surface area contributed by atoms with Gasteiger partial charge in [-0.15, -0.1) is 0 Å². The number of rotatable bonds is 2. The van der Waals surface area contributed by atoms with E-state index in [1.54, 1.807) is 0 Å². The van der Waals surface area contributed by atoms with E-state index in [9.17, 15) is 0 Å². The lowest BCUT2D eigenvalue weighted by Gasteiger charge is -2.22. The molecule has 0 bridgehead atoms. The van der Waals surface area contributed by atoms with Crippen LogP contribution in [0.15, 0.2) is 40.9 Å². The first-order chi connectivity index (χ1) is 9.65. The van der Waals surface area contributed by atoms with Gasteiger partial charge in [0.05, 0.1) is 6.04 Å². The molecule has 0 radical (unpaired) electrons. The fraction of sp³-hybridized carbons (Fsp3) is 0.200. The molecule has 0 aliphatic carbocycles. The monoisotopic (exact) mass is 353 g/mol. The number of benzene rings is 2. The smallest absolute Gasteiger partial charge is 0.162 e. The molecular weight excluding hydrogens is 342 g/mol. The molecule has 1 unspecified atom stereocenters. The van der Waals surface area contributed by atoms with E-state index in [0.717, 1.165) is 27.1 Å². The maximum atomic E-state index is 6.33. The van der Waals surface area contributed by atoms with E-state index in [4.69, 9.17) is 26.8 Å². The van der Waals surface area contributed by atoms with Gasteiger partial charge in [-0.3, -0.25) is 0 Å². The first-order valence-corrected chi connectivity index (χ1v) is 7.42. The van der Waals surface area contributed by atoms with Crippen LogP contribution < -0.4 is 15.2 Å². The van der Waals surface area contributed by atoms with Crippen molar-refractivity contribution in [1.29, 1.82) is 0 Å². The average molecular weight is 355 g/mol. The third-order valence-corrected chi connectivity index (χ3v) is 4.13. The lowest BCUT2D eigenvalue weighted by atomic mass is 9.99. The Morgan fingerprint density at radius 2 is 1.80 bits per heavy atom. The van der Waals surface area contributed by atoms with Crippen molar-refractivity contribution >= 4 is 27.5 Å². The molecule has 5 heteroatoms. The standard InChI is InChI=1S/C15H13BrClNO2/c16-12-8-14-13(19-4-5-20-14)7-11(12)15(18)9-2-1-3-10(17)6-9/h1-3,6-8,15H,4-5,18H2. The minimum Gasteiger partial charge on any atom is -0.486 e. The summed E-state index contributed by atoms with van der Waals surface area (Å²) in [4.78, 5) is 0. The molecule has 2 aromatic carbocycles. The van der Waals surface area contributed by atoms with Gasteiger partial charge in [0.2, 0.25) is 0 Å². The molecule has 0 spiro atoms. The van der Waals surface area contributed by atoms with Gasteiger partial charge in [0.15, 0.2) is 11.5 Å². The van der Waals surface area contributed by atoms with Crippen molar-refractivity contribution in [2.24, 2.45) is 5.73 Å². The van der Waals surface area contributed by atoms with Crippen LogP contribution in [0.4, 0.5) is 0 Å². The molecule has 1 aliphatic heterocycles. The summed E-state index contributed by atoms with van der Waals surface area (Å²) >= 11 is 9.56. The van der Waals surface area contributed by atoms with Crippen LogP contribution in [-0.4, -0.2) is 13.2 Å². The fourth-order valence-electron chi connectivity index (χ4n) is 2.20. The summed E-state index contributed by atoms with van der Waals surface area (Å²) in [6.45, 7) is 1.12. The predicted molar refractivity (Wildman–Crippen MR) is 82.6 cm³/mol. The zero-order valence-corrected chi connectivity index (χ0v) is 12.9. The van der Waals surface area contributed by atoms with Crippen molar-refractivity contribution in [1.82, 2.24) is 0 Å². The summed E-state index contributed by atoms with van der Waals surface area (Å²) in [6.07, 6.45) is 0. The maximum absolute atomic E-state index is 6.33. The summed E-state index contributed by atoms with van der Waals surface area (Å²) in [5, 5.41) is 0.673. The van der Waals surface area contributed by atoms with E-state index in [0.29, 0.717) is 18.2 Å².